The second-order valence-corrected chi connectivity index (χ2v) is 8.88. The number of piperidine rings is 1. The lowest BCUT2D eigenvalue weighted by Gasteiger charge is -2.32. The van der Waals surface area contributed by atoms with Gasteiger partial charge in [-0.15, -0.1) is 0 Å². The number of hydrogen-bond acceptors (Lipinski definition) is 4. The standard InChI is InChI=1S/C28H33N3O2/c1-22-20-29-16-12-25(22)21-30(2)28(32)24-8-10-26(11-9-24)33-27-14-18-31(19-15-27)17-13-23-6-4-3-5-7-23/h3-12,16,20,27H,13-15,17-19,21H2,1-2H3. The predicted octanol–water partition coefficient (Wildman–Crippen LogP) is 4.75. The highest BCUT2D eigenvalue weighted by Gasteiger charge is 2.20. The third-order valence-electron chi connectivity index (χ3n) is 6.39. The molecule has 1 aliphatic heterocycles. The van der Waals surface area contributed by atoms with Gasteiger partial charge in [-0.1, -0.05) is 30.3 Å². The van der Waals surface area contributed by atoms with Gasteiger partial charge in [-0.25, -0.2) is 0 Å². The summed E-state index contributed by atoms with van der Waals surface area (Å²) < 4.78 is 6.21. The number of amides is 1. The number of hydrogen-bond donors (Lipinski definition) is 0. The van der Waals surface area contributed by atoms with Crippen LogP contribution < -0.4 is 4.74 Å². The van der Waals surface area contributed by atoms with Crippen molar-refractivity contribution in [3.8, 4) is 5.75 Å². The number of nitrogens with zero attached hydrogens (tertiary/aromatic N) is 3. The molecule has 4 rings (SSSR count). The lowest BCUT2D eigenvalue weighted by molar-refractivity contribution is 0.0784. The van der Waals surface area contributed by atoms with Crippen LogP contribution in [0.3, 0.4) is 0 Å². The van der Waals surface area contributed by atoms with E-state index < -0.39 is 0 Å². The van der Waals surface area contributed by atoms with Crippen LogP contribution >= 0.6 is 0 Å². The number of carbonyl (C=O) groups excluding carboxylic acids is 1. The molecule has 0 N–H and O–H groups in total. The summed E-state index contributed by atoms with van der Waals surface area (Å²) in [6.45, 7) is 5.80. The molecule has 2 aromatic carbocycles. The fourth-order valence-corrected chi connectivity index (χ4v) is 4.28. The van der Waals surface area contributed by atoms with Gasteiger partial charge in [0.15, 0.2) is 0 Å². The van der Waals surface area contributed by atoms with Crippen molar-refractivity contribution in [1.29, 1.82) is 0 Å². The average Bonchev–Trinajstić information content (AvgIpc) is 2.86. The maximum atomic E-state index is 12.8. The zero-order valence-electron chi connectivity index (χ0n) is 19.6. The van der Waals surface area contributed by atoms with Crippen molar-refractivity contribution in [1.82, 2.24) is 14.8 Å². The minimum Gasteiger partial charge on any atom is -0.490 e. The molecule has 3 aromatic rings. The third kappa shape index (κ3) is 6.42. The summed E-state index contributed by atoms with van der Waals surface area (Å²) in [5.41, 5.74) is 4.27. The summed E-state index contributed by atoms with van der Waals surface area (Å²) in [4.78, 5) is 21.2. The number of aromatic nitrogens is 1. The van der Waals surface area contributed by atoms with Crippen LogP contribution in [0.25, 0.3) is 0 Å². The summed E-state index contributed by atoms with van der Waals surface area (Å²) in [5, 5.41) is 0. The first-order valence-electron chi connectivity index (χ1n) is 11.8. The second-order valence-electron chi connectivity index (χ2n) is 8.88. The van der Waals surface area contributed by atoms with Gasteiger partial charge < -0.3 is 14.5 Å². The van der Waals surface area contributed by atoms with Crippen LogP contribution in [-0.4, -0.2) is 53.5 Å². The van der Waals surface area contributed by atoms with Gasteiger partial charge in [0, 0.05) is 51.2 Å². The van der Waals surface area contributed by atoms with E-state index in [0.29, 0.717) is 12.1 Å². The lowest BCUT2D eigenvalue weighted by atomic mass is 10.1. The highest BCUT2D eigenvalue weighted by molar-refractivity contribution is 5.94. The maximum Gasteiger partial charge on any atom is 0.253 e. The molecule has 1 amide bonds. The zero-order chi connectivity index (χ0) is 23.0. The highest BCUT2D eigenvalue weighted by Crippen LogP contribution is 2.21. The summed E-state index contributed by atoms with van der Waals surface area (Å²) in [6.07, 6.45) is 6.98. The molecular formula is C28H33N3O2. The Labute approximate surface area is 197 Å². The van der Waals surface area contributed by atoms with E-state index in [4.69, 9.17) is 4.74 Å². The largest absolute Gasteiger partial charge is 0.490 e. The smallest absolute Gasteiger partial charge is 0.253 e. The van der Waals surface area contributed by atoms with Crippen molar-refractivity contribution in [2.75, 3.05) is 26.7 Å². The van der Waals surface area contributed by atoms with Crippen LogP contribution in [0.2, 0.25) is 0 Å². The van der Waals surface area contributed by atoms with Crippen molar-refractivity contribution in [3.63, 3.8) is 0 Å². The minimum absolute atomic E-state index is 0.00415. The van der Waals surface area contributed by atoms with Crippen LogP contribution in [-0.2, 0) is 13.0 Å². The van der Waals surface area contributed by atoms with Crippen LogP contribution in [0, 0.1) is 6.92 Å². The number of likely N-dealkylation sites (tertiary alicyclic amines) is 1. The Hall–Kier alpha value is -3.18. The molecule has 1 aliphatic rings. The molecule has 172 valence electrons. The Morgan fingerprint density at radius 1 is 1.06 bits per heavy atom. The maximum absolute atomic E-state index is 12.8. The van der Waals surface area contributed by atoms with Crippen LogP contribution in [0.1, 0.15) is 39.9 Å². The minimum atomic E-state index is 0.00415. The van der Waals surface area contributed by atoms with Crippen molar-refractivity contribution >= 4 is 5.91 Å². The summed E-state index contributed by atoms with van der Waals surface area (Å²) in [5.74, 6) is 0.839. The molecule has 5 heteroatoms. The normalized spacial score (nSPS) is 14.7. The van der Waals surface area contributed by atoms with E-state index in [1.807, 2.05) is 50.5 Å². The van der Waals surface area contributed by atoms with Gasteiger partial charge in [0.25, 0.3) is 5.91 Å². The van der Waals surface area contributed by atoms with Crippen LogP contribution in [0.15, 0.2) is 73.1 Å². The number of aryl methyl sites for hydroxylation is 1. The molecule has 1 aromatic heterocycles. The van der Waals surface area contributed by atoms with E-state index in [1.165, 1.54) is 5.56 Å². The molecular weight excluding hydrogens is 410 g/mol. The zero-order valence-corrected chi connectivity index (χ0v) is 19.6. The van der Waals surface area contributed by atoms with Crippen molar-refractivity contribution in [2.45, 2.75) is 38.8 Å². The van der Waals surface area contributed by atoms with Gasteiger partial charge in [-0.05, 0) is 73.2 Å². The summed E-state index contributed by atoms with van der Waals surface area (Å²) in [6, 6.07) is 20.2. The van der Waals surface area contributed by atoms with E-state index in [0.717, 1.165) is 55.8 Å². The monoisotopic (exact) mass is 443 g/mol. The average molecular weight is 444 g/mol. The predicted molar refractivity (Wildman–Crippen MR) is 131 cm³/mol. The van der Waals surface area contributed by atoms with Crippen LogP contribution in [0.4, 0.5) is 0 Å². The van der Waals surface area contributed by atoms with Gasteiger partial charge in [-0.2, -0.15) is 0 Å². The van der Waals surface area contributed by atoms with Gasteiger partial charge in [0.2, 0.25) is 0 Å². The number of rotatable bonds is 8. The quantitative estimate of drug-likeness (QED) is 0.504. The van der Waals surface area contributed by atoms with Crippen molar-refractivity contribution in [2.24, 2.45) is 0 Å². The number of benzene rings is 2. The van der Waals surface area contributed by atoms with E-state index in [-0.39, 0.29) is 12.0 Å². The first kappa shape index (κ1) is 23.0. The summed E-state index contributed by atoms with van der Waals surface area (Å²) in [7, 11) is 1.83. The molecule has 5 nitrogen and oxygen atoms in total. The van der Waals surface area contributed by atoms with E-state index >= 15 is 0 Å². The molecule has 0 atom stereocenters. The van der Waals surface area contributed by atoms with Gasteiger partial charge in [-0.3, -0.25) is 9.78 Å². The van der Waals surface area contributed by atoms with E-state index in [1.54, 1.807) is 11.1 Å². The molecule has 33 heavy (non-hydrogen) atoms. The first-order chi connectivity index (χ1) is 16.1. The Kier molecular flexibility index (Phi) is 7.74. The molecule has 0 radical (unpaired) electrons. The molecule has 0 aliphatic carbocycles. The topological polar surface area (TPSA) is 45.7 Å². The van der Waals surface area contributed by atoms with Crippen molar-refractivity contribution in [3.05, 3.63) is 95.3 Å². The van der Waals surface area contributed by atoms with Crippen molar-refractivity contribution < 1.29 is 9.53 Å². The van der Waals surface area contributed by atoms with Gasteiger partial charge in [0.05, 0.1) is 0 Å². The second kappa shape index (κ2) is 11.1. The number of ether oxygens (including phenoxy) is 1. The molecule has 0 spiro atoms. The third-order valence-corrected chi connectivity index (χ3v) is 6.39. The van der Waals surface area contributed by atoms with Gasteiger partial charge >= 0.3 is 0 Å². The Balaban J connectivity index is 1.23. The summed E-state index contributed by atoms with van der Waals surface area (Å²) >= 11 is 0. The molecule has 1 fully saturated rings. The number of pyridine rings is 1. The number of carbonyl (C=O) groups is 1. The Morgan fingerprint density at radius 3 is 2.48 bits per heavy atom. The first-order valence-corrected chi connectivity index (χ1v) is 11.8. The SMILES string of the molecule is Cc1cnccc1CN(C)C(=O)c1ccc(OC2CCN(CCc3ccccc3)CC2)cc1. The fourth-order valence-electron chi connectivity index (χ4n) is 4.28. The molecule has 0 bridgehead atoms. The Bertz CT molecular complexity index is 1030. The molecule has 0 saturated carbocycles. The molecule has 2 heterocycles. The molecule has 0 unspecified atom stereocenters. The van der Waals surface area contributed by atoms with Crippen LogP contribution in [0.5, 0.6) is 5.75 Å². The van der Waals surface area contributed by atoms with Gasteiger partial charge in [0.1, 0.15) is 11.9 Å². The van der Waals surface area contributed by atoms with E-state index in [9.17, 15) is 4.79 Å². The molecule has 1 saturated heterocycles. The Morgan fingerprint density at radius 2 is 1.79 bits per heavy atom. The lowest BCUT2D eigenvalue weighted by Crippen LogP contribution is -2.39. The fraction of sp³-hybridized carbons (Fsp3) is 0.357. The van der Waals surface area contributed by atoms with E-state index in [2.05, 4.69) is 40.2 Å². The highest BCUT2D eigenvalue weighted by atomic mass is 16.5.